The lowest BCUT2D eigenvalue weighted by molar-refractivity contribution is -0.121. The molecule has 4 atom stereocenters. The molecule has 2 aliphatic heterocycles. The fraction of sp³-hybridized carbons (Fsp3) is 0.609. The minimum Gasteiger partial charge on any atom is -0.352 e. The number of rotatable bonds is 6. The molecule has 1 aromatic heterocycles. The standard InChI is InChI=1S/C23H33N7O/c1-15-10-12-17(13-11-15)14-24-21(31)9-5-8-20-26-27-23-29(20)19-7-4-3-6-18(19)22-25-16(2)28-30(22)23/h10-13,16,18-19,22,25,28H,3-9,14H2,1-2H3,(H,24,31). The Bertz CT molecular complexity index is 925. The lowest BCUT2D eigenvalue weighted by atomic mass is 9.81. The van der Waals surface area contributed by atoms with Gasteiger partial charge < -0.3 is 5.32 Å². The molecule has 1 aliphatic carbocycles. The number of carbonyl (C=O) groups is 1. The third-order valence-corrected chi connectivity index (χ3v) is 6.93. The zero-order valence-electron chi connectivity index (χ0n) is 18.5. The van der Waals surface area contributed by atoms with Crippen LogP contribution in [0.5, 0.6) is 0 Å². The van der Waals surface area contributed by atoms with E-state index in [1.54, 1.807) is 0 Å². The van der Waals surface area contributed by atoms with Crippen molar-refractivity contribution in [1.82, 2.24) is 30.8 Å². The molecule has 0 bridgehead atoms. The van der Waals surface area contributed by atoms with E-state index in [9.17, 15) is 4.79 Å². The molecule has 1 aromatic carbocycles. The molecular formula is C23H33N7O. The summed E-state index contributed by atoms with van der Waals surface area (Å²) in [5.74, 6) is 2.59. The number of aromatic nitrogens is 3. The van der Waals surface area contributed by atoms with Crippen molar-refractivity contribution in [3.8, 4) is 0 Å². The van der Waals surface area contributed by atoms with Crippen LogP contribution >= 0.6 is 0 Å². The van der Waals surface area contributed by atoms with Crippen molar-refractivity contribution in [1.29, 1.82) is 0 Å². The van der Waals surface area contributed by atoms with E-state index in [-0.39, 0.29) is 18.2 Å². The summed E-state index contributed by atoms with van der Waals surface area (Å²) < 4.78 is 2.36. The van der Waals surface area contributed by atoms with E-state index in [0.717, 1.165) is 30.2 Å². The van der Waals surface area contributed by atoms with Crippen LogP contribution in [0.15, 0.2) is 24.3 Å². The highest BCUT2D eigenvalue weighted by atomic mass is 16.1. The van der Waals surface area contributed by atoms with Gasteiger partial charge in [0.2, 0.25) is 11.9 Å². The van der Waals surface area contributed by atoms with Crippen LogP contribution in [-0.4, -0.2) is 33.0 Å². The predicted molar refractivity (Wildman–Crippen MR) is 119 cm³/mol. The summed E-state index contributed by atoms with van der Waals surface area (Å²) in [6, 6.07) is 8.72. The number of aryl methyl sites for hydroxylation is 2. The van der Waals surface area contributed by atoms with Crippen LogP contribution in [0.3, 0.4) is 0 Å². The lowest BCUT2D eigenvalue weighted by Crippen LogP contribution is -2.53. The van der Waals surface area contributed by atoms with Gasteiger partial charge in [0.1, 0.15) is 12.0 Å². The Hall–Kier alpha value is -2.45. The van der Waals surface area contributed by atoms with Crippen LogP contribution in [0.1, 0.15) is 68.4 Å². The summed E-state index contributed by atoms with van der Waals surface area (Å²) in [5.41, 5.74) is 5.86. The normalized spacial score (nSPS) is 26.8. The van der Waals surface area contributed by atoms with E-state index >= 15 is 0 Å². The average Bonchev–Trinajstić information content (AvgIpc) is 3.37. The lowest BCUT2D eigenvalue weighted by Gasteiger charge is -2.44. The first-order chi connectivity index (χ1) is 15.1. The maximum Gasteiger partial charge on any atom is 0.243 e. The Kier molecular flexibility index (Phi) is 5.67. The van der Waals surface area contributed by atoms with E-state index in [1.807, 2.05) is 0 Å². The first-order valence-electron chi connectivity index (χ1n) is 11.7. The number of amides is 1. The van der Waals surface area contributed by atoms with Gasteiger partial charge in [-0.25, -0.2) is 5.43 Å². The summed E-state index contributed by atoms with van der Waals surface area (Å²) >= 11 is 0. The Morgan fingerprint density at radius 3 is 2.84 bits per heavy atom. The molecule has 1 amide bonds. The SMILES string of the molecule is Cc1ccc(CNC(=O)CCCc2nnc3n2C2CCCCC2C2NC(C)NN32)cc1. The van der Waals surface area contributed by atoms with Gasteiger partial charge in [0.25, 0.3) is 0 Å². The van der Waals surface area contributed by atoms with Crippen LogP contribution in [-0.2, 0) is 17.8 Å². The second-order valence-electron chi connectivity index (χ2n) is 9.25. The molecule has 8 heteroatoms. The van der Waals surface area contributed by atoms with Crippen LogP contribution in [0.4, 0.5) is 5.95 Å². The number of hydrogen-bond donors (Lipinski definition) is 3. The van der Waals surface area contributed by atoms with Gasteiger partial charge in [-0.3, -0.25) is 19.7 Å². The van der Waals surface area contributed by atoms with Gasteiger partial charge in [-0.05, 0) is 38.7 Å². The Morgan fingerprint density at radius 1 is 1.19 bits per heavy atom. The second kappa shape index (κ2) is 8.59. The van der Waals surface area contributed by atoms with Gasteiger partial charge in [0.05, 0.1) is 6.17 Å². The number of carbonyl (C=O) groups excluding carboxylic acids is 1. The topological polar surface area (TPSA) is 87.1 Å². The average molecular weight is 424 g/mol. The highest BCUT2D eigenvalue weighted by molar-refractivity contribution is 5.75. The van der Waals surface area contributed by atoms with Gasteiger partial charge in [-0.2, -0.15) is 0 Å². The summed E-state index contributed by atoms with van der Waals surface area (Å²) in [6.45, 7) is 4.79. The van der Waals surface area contributed by atoms with Gasteiger partial charge >= 0.3 is 0 Å². The molecule has 3 aliphatic rings. The molecule has 166 valence electrons. The number of hydrogen-bond acceptors (Lipinski definition) is 6. The van der Waals surface area contributed by atoms with Crippen molar-refractivity contribution in [3.05, 3.63) is 41.2 Å². The molecule has 8 nitrogen and oxygen atoms in total. The fourth-order valence-corrected chi connectivity index (χ4v) is 5.37. The molecule has 4 unspecified atom stereocenters. The number of anilines is 1. The molecule has 0 spiro atoms. The molecule has 1 saturated heterocycles. The smallest absolute Gasteiger partial charge is 0.243 e. The Morgan fingerprint density at radius 2 is 2.00 bits per heavy atom. The van der Waals surface area contributed by atoms with Crippen molar-refractivity contribution < 1.29 is 4.79 Å². The third kappa shape index (κ3) is 4.06. The van der Waals surface area contributed by atoms with Gasteiger partial charge in [0, 0.05) is 31.3 Å². The number of nitrogens with zero attached hydrogens (tertiary/aromatic N) is 4. The number of benzene rings is 1. The predicted octanol–water partition coefficient (Wildman–Crippen LogP) is 2.56. The van der Waals surface area contributed by atoms with Gasteiger partial charge in [-0.1, -0.05) is 42.7 Å². The van der Waals surface area contributed by atoms with E-state index in [2.05, 4.69) is 73.9 Å². The molecule has 3 N–H and O–H groups in total. The first-order valence-corrected chi connectivity index (χ1v) is 11.7. The maximum atomic E-state index is 12.3. The number of fused-ring (bicyclic) bond motifs is 6. The molecule has 2 aromatic rings. The van der Waals surface area contributed by atoms with E-state index < -0.39 is 0 Å². The number of nitrogens with one attached hydrogen (secondary N) is 3. The van der Waals surface area contributed by atoms with Crippen LogP contribution < -0.4 is 21.1 Å². The summed E-state index contributed by atoms with van der Waals surface area (Å²) in [5, 5.41) is 18.0. The van der Waals surface area contributed by atoms with E-state index in [1.165, 1.54) is 31.2 Å². The molecule has 5 rings (SSSR count). The quantitative estimate of drug-likeness (QED) is 0.662. The molecular weight excluding hydrogens is 390 g/mol. The van der Waals surface area contributed by atoms with E-state index in [4.69, 9.17) is 0 Å². The monoisotopic (exact) mass is 423 g/mol. The highest BCUT2D eigenvalue weighted by Gasteiger charge is 2.47. The molecule has 1 saturated carbocycles. The first kappa shape index (κ1) is 20.5. The van der Waals surface area contributed by atoms with Gasteiger partial charge in [0.15, 0.2) is 0 Å². The zero-order valence-corrected chi connectivity index (χ0v) is 18.5. The third-order valence-electron chi connectivity index (χ3n) is 6.93. The van der Waals surface area contributed by atoms with Crippen molar-refractivity contribution in [2.24, 2.45) is 5.92 Å². The molecule has 0 radical (unpaired) electrons. The minimum atomic E-state index is 0.0915. The second-order valence-corrected chi connectivity index (χ2v) is 9.25. The minimum absolute atomic E-state index is 0.0915. The van der Waals surface area contributed by atoms with Crippen LogP contribution in [0.2, 0.25) is 0 Å². The van der Waals surface area contributed by atoms with Crippen molar-refractivity contribution >= 4 is 11.9 Å². The van der Waals surface area contributed by atoms with Crippen LogP contribution in [0.25, 0.3) is 0 Å². The van der Waals surface area contributed by atoms with Crippen molar-refractivity contribution in [3.63, 3.8) is 0 Å². The van der Waals surface area contributed by atoms with Gasteiger partial charge in [-0.15, -0.1) is 10.2 Å². The van der Waals surface area contributed by atoms with E-state index in [0.29, 0.717) is 24.9 Å². The summed E-state index contributed by atoms with van der Waals surface area (Å²) in [6.07, 6.45) is 7.53. The summed E-state index contributed by atoms with van der Waals surface area (Å²) in [7, 11) is 0. The number of hydrazine groups is 1. The van der Waals surface area contributed by atoms with Crippen molar-refractivity contribution in [2.75, 3.05) is 5.01 Å². The van der Waals surface area contributed by atoms with Crippen molar-refractivity contribution in [2.45, 2.75) is 83.7 Å². The molecule has 3 heterocycles. The largest absolute Gasteiger partial charge is 0.352 e. The molecule has 31 heavy (non-hydrogen) atoms. The Labute approximate surface area is 183 Å². The Balaban J connectivity index is 1.21. The van der Waals surface area contributed by atoms with Crippen LogP contribution in [0, 0.1) is 12.8 Å². The molecule has 2 fully saturated rings. The highest BCUT2D eigenvalue weighted by Crippen LogP contribution is 2.44. The zero-order chi connectivity index (χ0) is 21.4. The summed E-state index contributed by atoms with van der Waals surface area (Å²) in [4.78, 5) is 12.3. The fourth-order valence-electron chi connectivity index (χ4n) is 5.37. The maximum absolute atomic E-state index is 12.3.